The van der Waals surface area contributed by atoms with Crippen molar-refractivity contribution in [3.63, 3.8) is 0 Å². The van der Waals surface area contributed by atoms with Crippen LogP contribution in [-0.4, -0.2) is 49.8 Å². The number of carbonyl (C=O) groups is 1. The quantitative estimate of drug-likeness (QED) is 0.757. The zero-order valence-corrected chi connectivity index (χ0v) is 15.7. The van der Waals surface area contributed by atoms with Crippen LogP contribution in [0.5, 0.6) is 0 Å². The van der Waals surface area contributed by atoms with E-state index in [1.54, 1.807) is 0 Å². The fraction of sp³-hybridized carbons (Fsp3) is 0.450. The van der Waals surface area contributed by atoms with Crippen molar-refractivity contribution in [1.82, 2.24) is 24.6 Å². The van der Waals surface area contributed by atoms with Crippen molar-refractivity contribution in [2.45, 2.75) is 45.9 Å². The molecule has 27 heavy (non-hydrogen) atoms. The molecule has 0 radical (unpaired) electrons. The van der Waals surface area contributed by atoms with Gasteiger partial charge in [-0.1, -0.05) is 0 Å². The maximum Gasteiger partial charge on any atom is 0.252 e. The van der Waals surface area contributed by atoms with Crippen molar-refractivity contribution in [3.8, 4) is 11.5 Å². The molecule has 0 bridgehead atoms. The van der Waals surface area contributed by atoms with Crippen molar-refractivity contribution in [1.29, 1.82) is 0 Å². The topological polar surface area (TPSA) is 76.0 Å². The lowest BCUT2D eigenvalue weighted by Gasteiger charge is -2.29. The molecule has 0 aliphatic carbocycles. The van der Waals surface area contributed by atoms with E-state index >= 15 is 0 Å². The number of aromatic nitrogens is 4. The fourth-order valence-electron chi connectivity index (χ4n) is 3.94. The van der Waals surface area contributed by atoms with Gasteiger partial charge >= 0.3 is 0 Å². The second-order valence-electron chi connectivity index (χ2n) is 7.54. The maximum atomic E-state index is 12.6. The van der Waals surface area contributed by atoms with Crippen LogP contribution < -0.4 is 0 Å². The van der Waals surface area contributed by atoms with E-state index in [-0.39, 0.29) is 12.0 Å². The number of ether oxygens (including phenoxy) is 1. The average Bonchev–Trinajstić information content (AvgIpc) is 3.39. The monoisotopic (exact) mass is 365 g/mol. The molecule has 7 heteroatoms. The number of aromatic amines is 1. The Morgan fingerprint density at radius 1 is 1.22 bits per heavy atom. The van der Waals surface area contributed by atoms with Crippen molar-refractivity contribution < 1.29 is 9.53 Å². The van der Waals surface area contributed by atoms with Gasteiger partial charge in [0.05, 0.1) is 29.8 Å². The van der Waals surface area contributed by atoms with Gasteiger partial charge in [0.25, 0.3) is 5.91 Å². The molecule has 5 rings (SSSR count). The molecule has 4 heterocycles. The number of hydrogen-bond acceptors (Lipinski definition) is 4. The number of carbonyl (C=O) groups excluding carboxylic acids is 1. The minimum absolute atomic E-state index is 0.108. The van der Waals surface area contributed by atoms with Gasteiger partial charge in [-0.25, -0.2) is 4.98 Å². The first-order chi connectivity index (χ1) is 13.1. The number of fused-ring (bicyclic) bond motifs is 2. The summed E-state index contributed by atoms with van der Waals surface area (Å²) < 4.78 is 7.54. The number of rotatable bonds is 2. The Morgan fingerprint density at radius 2 is 2.07 bits per heavy atom. The molecule has 3 aromatic rings. The minimum Gasteiger partial charge on any atom is -0.368 e. The van der Waals surface area contributed by atoms with E-state index in [4.69, 9.17) is 14.8 Å². The van der Waals surface area contributed by atoms with Crippen molar-refractivity contribution in [2.24, 2.45) is 0 Å². The lowest BCUT2D eigenvalue weighted by atomic mass is 10.1. The minimum atomic E-state index is -0.263. The Kier molecular flexibility index (Phi) is 3.79. The zero-order valence-electron chi connectivity index (χ0n) is 15.7. The van der Waals surface area contributed by atoms with E-state index in [1.807, 2.05) is 15.6 Å². The van der Waals surface area contributed by atoms with Crippen LogP contribution in [-0.2, 0) is 22.6 Å². The predicted molar refractivity (Wildman–Crippen MR) is 101 cm³/mol. The van der Waals surface area contributed by atoms with E-state index in [1.165, 1.54) is 11.1 Å². The smallest absolute Gasteiger partial charge is 0.252 e. The Labute approximate surface area is 157 Å². The third-order valence-electron chi connectivity index (χ3n) is 5.65. The lowest BCUT2D eigenvalue weighted by Crippen LogP contribution is -2.43. The Bertz CT molecular complexity index is 990. The van der Waals surface area contributed by atoms with Crippen molar-refractivity contribution in [3.05, 3.63) is 35.0 Å². The maximum absolute atomic E-state index is 12.6. The van der Waals surface area contributed by atoms with Crippen LogP contribution in [0.15, 0.2) is 18.2 Å². The molecule has 1 N–H and O–H groups in total. The van der Waals surface area contributed by atoms with Crippen LogP contribution in [0.4, 0.5) is 0 Å². The summed E-state index contributed by atoms with van der Waals surface area (Å²) in [7, 11) is 0. The van der Waals surface area contributed by atoms with E-state index in [0.29, 0.717) is 26.2 Å². The second-order valence-corrected chi connectivity index (χ2v) is 7.54. The molecule has 1 unspecified atom stereocenters. The highest BCUT2D eigenvalue weighted by Gasteiger charge is 2.31. The van der Waals surface area contributed by atoms with E-state index in [0.717, 1.165) is 41.1 Å². The van der Waals surface area contributed by atoms with Crippen LogP contribution in [0.1, 0.15) is 29.7 Å². The summed E-state index contributed by atoms with van der Waals surface area (Å²) in [5.74, 6) is 0.880. The Balaban J connectivity index is 1.42. The number of nitrogens with zero attached hydrogens (tertiary/aromatic N) is 4. The number of H-pyrrole nitrogens is 1. The highest BCUT2D eigenvalue weighted by atomic mass is 16.5. The van der Waals surface area contributed by atoms with Gasteiger partial charge in [-0.05, 0) is 56.0 Å². The van der Waals surface area contributed by atoms with Crippen LogP contribution in [0.3, 0.4) is 0 Å². The van der Waals surface area contributed by atoms with Crippen LogP contribution >= 0.6 is 0 Å². The van der Waals surface area contributed by atoms with Crippen LogP contribution in [0, 0.1) is 13.8 Å². The van der Waals surface area contributed by atoms with Crippen molar-refractivity contribution in [2.75, 3.05) is 13.2 Å². The fourth-order valence-corrected chi connectivity index (χ4v) is 3.94. The summed E-state index contributed by atoms with van der Waals surface area (Å²) >= 11 is 0. The molecule has 2 aliphatic heterocycles. The summed E-state index contributed by atoms with van der Waals surface area (Å²) in [5, 5.41) is 4.71. The first-order valence-corrected chi connectivity index (χ1v) is 9.53. The van der Waals surface area contributed by atoms with Gasteiger partial charge in [0.2, 0.25) is 0 Å². The van der Waals surface area contributed by atoms with E-state index in [2.05, 4.69) is 31.0 Å². The average molecular weight is 365 g/mol. The summed E-state index contributed by atoms with van der Waals surface area (Å²) in [6.07, 6.45) is 1.54. The largest absolute Gasteiger partial charge is 0.368 e. The van der Waals surface area contributed by atoms with Gasteiger partial charge in [0, 0.05) is 13.2 Å². The summed E-state index contributed by atoms with van der Waals surface area (Å²) in [6.45, 7) is 6.83. The third-order valence-corrected chi connectivity index (χ3v) is 5.65. The molecule has 0 saturated carbocycles. The molecule has 0 spiro atoms. The first kappa shape index (κ1) is 16.5. The normalized spacial score (nSPS) is 19.6. The number of benzene rings is 1. The number of nitrogens with one attached hydrogen (secondary N) is 1. The van der Waals surface area contributed by atoms with Gasteiger partial charge in [0.15, 0.2) is 5.82 Å². The highest BCUT2D eigenvalue weighted by molar-refractivity contribution is 5.82. The number of hydrogen-bond donors (Lipinski definition) is 1. The van der Waals surface area contributed by atoms with Gasteiger partial charge in [-0.15, -0.1) is 0 Å². The zero-order chi connectivity index (χ0) is 18.5. The van der Waals surface area contributed by atoms with Gasteiger partial charge in [0.1, 0.15) is 11.8 Å². The van der Waals surface area contributed by atoms with Gasteiger partial charge in [-0.3, -0.25) is 9.48 Å². The summed E-state index contributed by atoms with van der Waals surface area (Å²) in [6, 6.07) is 6.26. The van der Waals surface area contributed by atoms with Crippen LogP contribution in [0.2, 0.25) is 0 Å². The molecular formula is C20H23N5O2. The summed E-state index contributed by atoms with van der Waals surface area (Å²) in [5.41, 5.74) is 6.31. The standard InChI is InChI=1S/C20H23N5O2/c1-12-8-15-16(9-13(12)2)22-19(21-15)17-10-14-11-24(5-6-25(14)23-17)20(26)18-4-3-7-27-18/h8-10,18H,3-7,11H2,1-2H3,(H,21,22). The Hall–Kier alpha value is -2.67. The molecule has 1 saturated heterocycles. The molecule has 2 aromatic heterocycles. The number of aryl methyl sites for hydroxylation is 2. The van der Waals surface area contributed by atoms with E-state index in [9.17, 15) is 4.79 Å². The van der Waals surface area contributed by atoms with Crippen molar-refractivity contribution >= 4 is 16.9 Å². The SMILES string of the molecule is Cc1cc2nc(-c3cc4n(n3)CCN(C(=O)C3CCCO3)C4)[nH]c2cc1C. The molecule has 1 atom stereocenters. The molecule has 7 nitrogen and oxygen atoms in total. The third kappa shape index (κ3) is 2.82. The molecule has 1 fully saturated rings. The van der Waals surface area contributed by atoms with Gasteiger partial charge < -0.3 is 14.6 Å². The molecule has 2 aliphatic rings. The lowest BCUT2D eigenvalue weighted by molar-refractivity contribution is -0.142. The van der Waals surface area contributed by atoms with E-state index < -0.39 is 0 Å². The molecule has 140 valence electrons. The molecular weight excluding hydrogens is 342 g/mol. The number of amides is 1. The number of imidazole rings is 1. The van der Waals surface area contributed by atoms with Gasteiger partial charge in [-0.2, -0.15) is 5.10 Å². The summed E-state index contributed by atoms with van der Waals surface area (Å²) in [4.78, 5) is 22.6. The second kappa shape index (κ2) is 6.20. The Morgan fingerprint density at radius 3 is 2.89 bits per heavy atom. The predicted octanol–water partition coefficient (Wildman–Crippen LogP) is 2.56. The first-order valence-electron chi connectivity index (χ1n) is 9.53. The highest BCUT2D eigenvalue weighted by Crippen LogP contribution is 2.25. The van der Waals surface area contributed by atoms with Crippen LogP contribution in [0.25, 0.3) is 22.6 Å². The molecule has 1 aromatic carbocycles. The molecule has 1 amide bonds.